The van der Waals surface area contributed by atoms with Gasteiger partial charge in [0.15, 0.2) is 5.82 Å². The van der Waals surface area contributed by atoms with Crippen LogP contribution in [0, 0.1) is 11.8 Å². The van der Waals surface area contributed by atoms with E-state index in [0.717, 1.165) is 5.82 Å². The maximum absolute atomic E-state index is 10.6. The van der Waals surface area contributed by atoms with Crippen molar-refractivity contribution in [3.05, 3.63) is 11.7 Å². The Morgan fingerprint density at radius 3 is 2.33 bits per heavy atom. The second-order valence-electron chi connectivity index (χ2n) is 5.52. The first-order chi connectivity index (χ1) is 8.74. The van der Waals surface area contributed by atoms with Crippen molar-refractivity contribution in [2.75, 3.05) is 0 Å². The third-order valence-corrected chi connectivity index (χ3v) is 4.40. The van der Waals surface area contributed by atoms with Gasteiger partial charge in [0, 0.05) is 5.92 Å². The van der Waals surface area contributed by atoms with E-state index in [1.165, 1.54) is 38.5 Å². The van der Waals surface area contributed by atoms with Gasteiger partial charge < -0.3 is 9.63 Å². The topological polar surface area (TPSA) is 76.2 Å². The molecule has 2 aliphatic carbocycles. The second-order valence-corrected chi connectivity index (χ2v) is 5.52. The molecule has 0 unspecified atom stereocenters. The van der Waals surface area contributed by atoms with Crippen LogP contribution in [0.3, 0.4) is 0 Å². The van der Waals surface area contributed by atoms with E-state index < -0.39 is 5.97 Å². The molecule has 0 aromatic carbocycles. The minimum atomic E-state index is -0.922. The lowest BCUT2D eigenvalue weighted by atomic mass is 9.64. The van der Waals surface area contributed by atoms with E-state index in [4.69, 9.17) is 9.63 Å². The Balaban J connectivity index is 1.76. The summed E-state index contributed by atoms with van der Waals surface area (Å²) in [5.41, 5.74) is 0. The summed E-state index contributed by atoms with van der Waals surface area (Å²) in [4.78, 5) is 14.9. The van der Waals surface area contributed by atoms with Crippen LogP contribution in [0.15, 0.2) is 4.52 Å². The van der Waals surface area contributed by atoms with Gasteiger partial charge in [-0.15, -0.1) is 0 Å². The maximum atomic E-state index is 10.6. The molecule has 2 aliphatic rings. The van der Waals surface area contributed by atoms with Gasteiger partial charge in [0.2, 0.25) is 5.89 Å². The van der Waals surface area contributed by atoms with Crippen molar-refractivity contribution in [3.63, 3.8) is 0 Å². The van der Waals surface area contributed by atoms with Crippen LogP contribution in [0.4, 0.5) is 0 Å². The van der Waals surface area contributed by atoms with Gasteiger partial charge in [-0.3, -0.25) is 4.79 Å². The molecule has 0 radical (unpaired) electrons. The van der Waals surface area contributed by atoms with Crippen LogP contribution in [0.2, 0.25) is 0 Å². The average molecular weight is 250 g/mol. The van der Waals surface area contributed by atoms with Gasteiger partial charge in [0.1, 0.15) is 6.42 Å². The molecule has 5 nitrogen and oxygen atoms in total. The van der Waals surface area contributed by atoms with Gasteiger partial charge in [-0.1, -0.05) is 18.0 Å². The van der Waals surface area contributed by atoms with Crippen molar-refractivity contribution in [2.45, 2.75) is 50.9 Å². The van der Waals surface area contributed by atoms with Crippen LogP contribution in [-0.2, 0) is 11.2 Å². The molecule has 5 heteroatoms. The van der Waals surface area contributed by atoms with Gasteiger partial charge in [0.25, 0.3) is 0 Å². The summed E-state index contributed by atoms with van der Waals surface area (Å²) in [7, 11) is 0. The molecular formula is C13H18N2O3. The molecule has 0 atom stereocenters. The highest BCUT2D eigenvalue weighted by Gasteiger charge is 2.39. The molecule has 2 saturated carbocycles. The number of nitrogens with zero attached hydrogens (tertiary/aromatic N) is 2. The van der Waals surface area contributed by atoms with Gasteiger partial charge in [-0.2, -0.15) is 4.98 Å². The molecule has 0 aliphatic heterocycles. The number of hydrogen-bond donors (Lipinski definition) is 1. The number of carboxylic acids is 1. The van der Waals surface area contributed by atoms with Crippen LogP contribution < -0.4 is 0 Å². The molecule has 0 saturated heterocycles. The van der Waals surface area contributed by atoms with Crippen molar-refractivity contribution in [1.82, 2.24) is 10.1 Å². The molecule has 0 amide bonds. The van der Waals surface area contributed by atoms with Gasteiger partial charge >= 0.3 is 5.97 Å². The fourth-order valence-corrected chi connectivity index (χ4v) is 3.01. The minimum absolute atomic E-state index is 0.172. The maximum Gasteiger partial charge on any atom is 0.312 e. The third-order valence-electron chi connectivity index (χ3n) is 4.40. The smallest absolute Gasteiger partial charge is 0.312 e. The summed E-state index contributed by atoms with van der Waals surface area (Å²) in [5, 5.41) is 12.7. The van der Waals surface area contributed by atoms with Crippen LogP contribution in [0.25, 0.3) is 0 Å². The fraction of sp³-hybridized carbons (Fsp3) is 0.769. The highest BCUT2D eigenvalue weighted by Crippen LogP contribution is 2.48. The van der Waals surface area contributed by atoms with Gasteiger partial charge in [-0.25, -0.2) is 0 Å². The van der Waals surface area contributed by atoms with E-state index in [1.807, 2.05) is 0 Å². The molecular weight excluding hydrogens is 232 g/mol. The van der Waals surface area contributed by atoms with Crippen molar-refractivity contribution in [2.24, 2.45) is 11.8 Å². The molecule has 18 heavy (non-hydrogen) atoms. The Morgan fingerprint density at radius 2 is 1.89 bits per heavy atom. The summed E-state index contributed by atoms with van der Waals surface area (Å²) >= 11 is 0. The summed E-state index contributed by atoms with van der Waals surface area (Å²) in [5.74, 6) is 1.84. The highest BCUT2D eigenvalue weighted by molar-refractivity contribution is 5.68. The van der Waals surface area contributed by atoms with E-state index in [2.05, 4.69) is 10.1 Å². The Kier molecular flexibility index (Phi) is 3.06. The number of carboxylic acid groups (broad SMARTS) is 1. The van der Waals surface area contributed by atoms with E-state index >= 15 is 0 Å². The first-order valence-corrected chi connectivity index (χ1v) is 6.78. The third kappa shape index (κ3) is 2.13. The quantitative estimate of drug-likeness (QED) is 0.868. The number of hydrogen-bond acceptors (Lipinski definition) is 4. The Hall–Kier alpha value is -1.39. The van der Waals surface area contributed by atoms with E-state index in [0.29, 0.717) is 17.8 Å². The molecule has 0 spiro atoms. The SMILES string of the molecule is O=C(O)Cc1nc(C(C2CCC2)C2CCC2)no1. The van der Waals surface area contributed by atoms with Crippen LogP contribution in [-0.4, -0.2) is 21.2 Å². The summed E-state index contributed by atoms with van der Waals surface area (Å²) in [6, 6.07) is 0. The van der Waals surface area contributed by atoms with Crippen molar-refractivity contribution in [1.29, 1.82) is 0 Å². The van der Waals surface area contributed by atoms with Crippen LogP contribution in [0.5, 0.6) is 0 Å². The van der Waals surface area contributed by atoms with E-state index in [1.54, 1.807) is 0 Å². The largest absolute Gasteiger partial charge is 0.481 e. The standard InChI is InChI=1S/C13H18N2O3/c16-11(17)7-10-14-13(15-18-10)12(8-3-1-4-8)9-5-2-6-9/h8-9,12H,1-7H2,(H,16,17). The van der Waals surface area contributed by atoms with Crippen molar-refractivity contribution in [3.8, 4) is 0 Å². The fourth-order valence-electron chi connectivity index (χ4n) is 3.01. The molecule has 1 aromatic heterocycles. The zero-order valence-electron chi connectivity index (χ0n) is 10.3. The van der Waals surface area contributed by atoms with Crippen LogP contribution in [0.1, 0.15) is 56.2 Å². The highest BCUT2D eigenvalue weighted by atomic mass is 16.5. The predicted molar refractivity (Wildman–Crippen MR) is 63.1 cm³/mol. The van der Waals surface area contributed by atoms with Crippen LogP contribution >= 0.6 is 0 Å². The lowest BCUT2D eigenvalue weighted by Gasteiger charge is -2.40. The number of rotatable bonds is 5. The zero-order chi connectivity index (χ0) is 12.5. The summed E-state index contributed by atoms with van der Waals surface area (Å²) in [6.45, 7) is 0. The molecule has 0 bridgehead atoms. The molecule has 3 rings (SSSR count). The van der Waals surface area contributed by atoms with Crippen molar-refractivity contribution >= 4 is 5.97 Å². The minimum Gasteiger partial charge on any atom is -0.481 e. The monoisotopic (exact) mass is 250 g/mol. The first kappa shape index (κ1) is 11.7. The Morgan fingerprint density at radius 1 is 1.28 bits per heavy atom. The Labute approximate surface area is 106 Å². The molecule has 1 heterocycles. The normalized spacial score (nSPS) is 20.7. The Bertz CT molecular complexity index is 421. The summed E-state index contributed by atoms with van der Waals surface area (Å²) < 4.78 is 5.05. The second kappa shape index (κ2) is 4.71. The van der Waals surface area contributed by atoms with E-state index in [9.17, 15) is 4.79 Å². The lowest BCUT2D eigenvalue weighted by molar-refractivity contribution is -0.136. The summed E-state index contributed by atoms with van der Waals surface area (Å²) in [6.07, 6.45) is 7.44. The first-order valence-electron chi connectivity index (χ1n) is 6.78. The lowest BCUT2D eigenvalue weighted by Crippen LogP contribution is -2.31. The van der Waals surface area contributed by atoms with Gasteiger partial charge in [-0.05, 0) is 37.5 Å². The number of aliphatic carboxylic acids is 1. The molecule has 2 fully saturated rings. The van der Waals surface area contributed by atoms with Crippen molar-refractivity contribution < 1.29 is 14.4 Å². The molecule has 98 valence electrons. The average Bonchev–Trinajstić information content (AvgIpc) is 2.58. The molecule has 1 aromatic rings. The zero-order valence-corrected chi connectivity index (χ0v) is 10.3. The number of carbonyl (C=O) groups is 1. The predicted octanol–water partition coefficient (Wildman–Crippen LogP) is 2.38. The number of aromatic nitrogens is 2. The molecule has 1 N–H and O–H groups in total. The van der Waals surface area contributed by atoms with Gasteiger partial charge in [0.05, 0.1) is 0 Å². The van der Waals surface area contributed by atoms with E-state index in [-0.39, 0.29) is 12.3 Å².